The molecule has 0 aromatic rings. The number of hydrogen-bond acceptors (Lipinski definition) is 4. The lowest BCUT2D eigenvalue weighted by Crippen LogP contribution is -2.25. The van der Waals surface area contributed by atoms with E-state index in [0.717, 1.165) is 19.2 Å². The molecule has 0 aromatic carbocycles. The second-order valence-electron chi connectivity index (χ2n) is 1.91. The summed E-state index contributed by atoms with van der Waals surface area (Å²) >= 11 is 0. The first-order valence-corrected chi connectivity index (χ1v) is 3.01. The smallest absolute Gasteiger partial charge is 0.293 e. The Labute approximate surface area is 57.8 Å². The SMILES string of the molecule is O=[N+]([O-])C=C1NCCCO1. The van der Waals surface area contributed by atoms with Crippen LogP contribution in [0.3, 0.4) is 0 Å². The summed E-state index contributed by atoms with van der Waals surface area (Å²) in [5, 5.41) is 12.6. The molecule has 1 N–H and O–H groups in total. The van der Waals surface area contributed by atoms with Gasteiger partial charge in [0.25, 0.3) is 12.1 Å². The van der Waals surface area contributed by atoms with Gasteiger partial charge in [-0.1, -0.05) is 0 Å². The van der Waals surface area contributed by atoms with Crippen molar-refractivity contribution in [2.45, 2.75) is 6.42 Å². The van der Waals surface area contributed by atoms with E-state index in [0.29, 0.717) is 6.61 Å². The highest BCUT2D eigenvalue weighted by Gasteiger charge is 2.07. The molecule has 1 aliphatic rings. The summed E-state index contributed by atoms with van der Waals surface area (Å²) in [5.74, 6) is 0.260. The van der Waals surface area contributed by atoms with Crippen molar-refractivity contribution >= 4 is 0 Å². The largest absolute Gasteiger partial charge is 0.475 e. The number of nitrogens with one attached hydrogen (secondary N) is 1. The summed E-state index contributed by atoms with van der Waals surface area (Å²) in [7, 11) is 0. The van der Waals surface area contributed by atoms with E-state index in [-0.39, 0.29) is 5.88 Å². The summed E-state index contributed by atoms with van der Waals surface area (Å²) in [4.78, 5) is 9.34. The molecule has 1 fully saturated rings. The number of nitrogens with zero attached hydrogens (tertiary/aromatic N) is 1. The molecule has 5 nitrogen and oxygen atoms in total. The van der Waals surface area contributed by atoms with Gasteiger partial charge in [-0.15, -0.1) is 0 Å². The first kappa shape index (κ1) is 6.85. The summed E-state index contributed by atoms with van der Waals surface area (Å²) in [6.07, 6.45) is 1.73. The number of nitro groups is 1. The molecule has 0 atom stereocenters. The van der Waals surface area contributed by atoms with Crippen LogP contribution in [0.1, 0.15) is 6.42 Å². The van der Waals surface area contributed by atoms with E-state index in [2.05, 4.69) is 5.32 Å². The fraction of sp³-hybridized carbons (Fsp3) is 0.600. The van der Waals surface area contributed by atoms with Crippen LogP contribution in [-0.4, -0.2) is 18.1 Å². The molecule has 56 valence electrons. The van der Waals surface area contributed by atoms with Crippen molar-refractivity contribution in [2.75, 3.05) is 13.2 Å². The Morgan fingerprint density at radius 3 is 3.10 bits per heavy atom. The predicted molar refractivity (Wildman–Crippen MR) is 33.6 cm³/mol. The first-order valence-electron chi connectivity index (χ1n) is 3.01. The average Bonchev–Trinajstić information content (AvgIpc) is 1.88. The maximum Gasteiger partial charge on any atom is 0.293 e. The summed E-state index contributed by atoms with van der Waals surface area (Å²) in [5.41, 5.74) is 0. The third-order valence-electron chi connectivity index (χ3n) is 1.10. The van der Waals surface area contributed by atoms with Crippen molar-refractivity contribution in [1.82, 2.24) is 5.32 Å². The van der Waals surface area contributed by atoms with E-state index in [4.69, 9.17) is 4.74 Å². The Morgan fingerprint density at radius 1 is 1.80 bits per heavy atom. The number of ether oxygens (including phenoxy) is 1. The highest BCUT2D eigenvalue weighted by molar-refractivity contribution is 4.85. The van der Waals surface area contributed by atoms with E-state index in [1.165, 1.54) is 0 Å². The van der Waals surface area contributed by atoms with Crippen LogP contribution in [0.15, 0.2) is 12.1 Å². The highest BCUT2D eigenvalue weighted by atomic mass is 16.6. The van der Waals surface area contributed by atoms with E-state index >= 15 is 0 Å². The third-order valence-corrected chi connectivity index (χ3v) is 1.10. The van der Waals surface area contributed by atoms with Crippen LogP contribution in [0.2, 0.25) is 0 Å². The van der Waals surface area contributed by atoms with E-state index in [9.17, 15) is 10.1 Å². The monoisotopic (exact) mass is 144 g/mol. The quantitative estimate of drug-likeness (QED) is 0.418. The van der Waals surface area contributed by atoms with Gasteiger partial charge >= 0.3 is 0 Å². The van der Waals surface area contributed by atoms with E-state index in [1.54, 1.807) is 0 Å². The van der Waals surface area contributed by atoms with Crippen molar-refractivity contribution in [1.29, 1.82) is 0 Å². The van der Waals surface area contributed by atoms with Gasteiger partial charge in [0.1, 0.15) is 0 Å². The molecule has 0 radical (unpaired) electrons. The minimum atomic E-state index is -0.534. The molecule has 5 heteroatoms. The normalized spacial score (nSPS) is 21.4. The van der Waals surface area contributed by atoms with Gasteiger partial charge in [-0.3, -0.25) is 10.1 Å². The molecule has 10 heavy (non-hydrogen) atoms. The molecule has 0 aliphatic carbocycles. The lowest BCUT2D eigenvalue weighted by molar-refractivity contribution is -0.405. The molecule has 1 saturated heterocycles. The van der Waals surface area contributed by atoms with E-state index in [1.807, 2.05) is 0 Å². The standard InChI is InChI=1S/C5H8N2O3/c8-7(9)4-5-6-2-1-3-10-5/h4,6H,1-3H2. The maximum atomic E-state index is 9.88. The fourth-order valence-electron chi connectivity index (χ4n) is 0.696. The number of hydrogen-bond donors (Lipinski definition) is 1. The van der Waals surface area contributed by atoms with Crippen molar-refractivity contribution < 1.29 is 9.66 Å². The Bertz CT molecular complexity index is 158. The predicted octanol–water partition coefficient (Wildman–Crippen LogP) is 0.0719. The van der Waals surface area contributed by atoms with Gasteiger partial charge in [0.2, 0.25) is 0 Å². The first-order chi connectivity index (χ1) is 4.79. The molecule has 0 saturated carbocycles. The van der Waals surface area contributed by atoms with Crippen LogP contribution < -0.4 is 5.32 Å². The van der Waals surface area contributed by atoms with Crippen LogP contribution in [0, 0.1) is 10.1 Å². The number of rotatable bonds is 1. The van der Waals surface area contributed by atoms with Crippen LogP contribution in [0.25, 0.3) is 0 Å². The van der Waals surface area contributed by atoms with Crippen LogP contribution in [-0.2, 0) is 4.74 Å². The van der Waals surface area contributed by atoms with Crippen molar-refractivity contribution in [3.63, 3.8) is 0 Å². The Morgan fingerprint density at radius 2 is 2.60 bits per heavy atom. The van der Waals surface area contributed by atoms with Gasteiger partial charge in [-0.05, 0) is 6.42 Å². The molecule has 0 bridgehead atoms. The highest BCUT2D eigenvalue weighted by Crippen LogP contribution is 1.99. The molecule has 0 unspecified atom stereocenters. The molecule has 1 aliphatic heterocycles. The molecule has 0 spiro atoms. The zero-order valence-electron chi connectivity index (χ0n) is 5.37. The van der Waals surface area contributed by atoms with Gasteiger partial charge in [-0.25, -0.2) is 0 Å². The Balaban J connectivity index is 2.45. The molecule has 1 heterocycles. The zero-order valence-corrected chi connectivity index (χ0v) is 5.37. The Hall–Kier alpha value is -1.26. The minimum absolute atomic E-state index is 0.260. The lowest BCUT2D eigenvalue weighted by Gasteiger charge is -2.15. The average molecular weight is 144 g/mol. The second-order valence-corrected chi connectivity index (χ2v) is 1.91. The maximum absolute atomic E-state index is 9.88. The van der Waals surface area contributed by atoms with Crippen molar-refractivity contribution in [2.24, 2.45) is 0 Å². The topological polar surface area (TPSA) is 64.4 Å². The lowest BCUT2D eigenvalue weighted by atomic mass is 10.4. The van der Waals surface area contributed by atoms with Gasteiger partial charge in [0, 0.05) is 6.54 Å². The molecule has 0 amide bonds. The van der Waals surface area contributed by atoms with Gasteiger partial charge in [0.15, 0.2) is 0 Å². The minimum Gasteiger partial charge on any atom is -0.475 e. The van der Waals surface area contributed by atoms with Crippen molar-refractivity contribution in [3.8, 4) is 0 Å². The van der Waals surface area contributed by atoms with Gasteiger partial charge < -0.3 is 10.1 Å². The van der Waals surface area contributed by atoms with Crippen LogP contribution in [0.5, 0.6) is 0 Å². The van der Waals surface area contributed by atoms with Crippen LogP contribution in [0.4, 0.5) is 0 Å². The summed E-state index contributed by atoms with van der Waals surface area (Å²) in [6.45, 7) is 1.31. The van der Waals surface area contributed by atoms with Crippen molar-refractivity contribution in [3.05, 3.63) is 22.2 Å². The van der Waals surface area contributed by atoms with Gasteiger partial charge in [-0.2, -0.15) is 0 Å². The van der Waals surface area contributed by atoms with E-state index < -0.39 is 4.92 Å². The fourth-order valence-corrected chi connectivity index (χ4v) is 0.696. The third kappa shape index (κ3) is 1.93. The molecular weight excluding hydrogens is 136 g/mol. The van der Waals surface area contributed by atoms with Crippen LogP contribution >= 0.6 is 0 Å². The van der Waals surface area contributed by atoms with Gasteiger partial charge in [0.05, 0.1) is 11.5 Å². The molecule has 1 rings (SSSR count). The summed E-state index contributed by atoms with van der Waals surface area (Å²) in [6, 6.07) is 0. The zero-order chi connectivity index (χ0) is 7.40. The Kier molecular flexibility index (Phi) is 2.09. The molecular formula is C5H8N2O3. The molecule has 0 aromatic heterocycles. The second kappa shape index (κ2) is 3.05. The summed E-state index contributed by atoms with van der Waals surface area (Å²) < 4.78 is 4.90.